The molecule has 0 amide bonds. The Morgan fingerprint density at radius 1 is 0.419 bits per heavy atom. The molecule has 0 radical (unpaired) electrons. The van der Waals surface area contributed by atoms with Gasteiger partial charge in [0.25, 0.3) is 0 Å². The standard InChI is InChI=1S/C23H22P2S6/c1-8-12(26-20-16(8)30-18-10(3)14(6-24)28-22(18)20)5-13-9(2)17-21(27-13)23-19(31-17)11(4)15(7-25)29-23/h5-7,24-25H2,1-4H3. The van der Waals surface area contributed by atoms with Crippen molar-refractivity contribution < 1.29 is 0 Å². The maximum atomic E-state index is 2.90. The summed E-state index contributed by atoms with van der Waals surface area (Å²) in [5, 5.41) is 0. The molecule has 0 spiro atoms. The number of aryl methyl sites for hydroxylation is 4. The summed E-state index contributed by atoms with van der Waals surface area (Å²) in [4.78, 5) is 6.16. The second kappa shape index (κ2) is 7.82. The minimum atomic E-state index is 1.07. The fraction of sp³-hybridized carbons (Fsp3) is 0.304. The lowest BCUT2D eigenvalue weighted by Crippen LogP contribution is -1.85. The molecule has 0 aliphatic heterocycles. The number of hydrogen-bond donors (Lipinski definition) is 0. The molecule has 2 unspecified atom stereocenters. The van der Waals surface area contributed by atoms with Crippen LogP contribution in [0.15, 0.2) is 0 Å². The van der Waals surface area contributed by atoms with Crippen molar-refractivity contribution in [3.63, 3.8) is 0 Å². The molecule has 2 atom stereocenters. The van der Waals surface area contributed by atoms with E-state index in [4.69, 9.17) is 0 Å². The van der Waals surface area contributed by atoms with Crippen molar-refractivity contribution in [2.45, 2.75) is 46.4 Å². The zero-order chi connectivity index (χ0) is 21.6. The van der Waals surface area contributed by atoms with Gasteiger partial charge in [0.05, 0.1) is 37.6 Å². The summed E-state index contributed by atoms with van der Waals surface area (Å²) in [5.74, 6) is 0. The van der Waals surface area contributed by atoms with Crippen LogP contribution in [0.25, 0.3) is 37.6 Å². The molecule has 0 nitrogen and oxygen atoms in total. The van der Waals surface area contributed by atoms with Gasteiger partial charge >= 0.3 is 0 Å². The largest absolute Gasteiger partial charge is 0.137 e. The van der Waals surface area contributed by atoms with E-state index >= 15 is 0 Å². The Morgan fingerprint density at radius 2 is 0.710 bits per heavy atom. The molecule has 0 bridgehead atoms. The van der Waals surface area contributed by atoms with E-state index < -0.39 is 0 Å². The van der Waals surface area contributed by atoms with Gasteiger partial charge in [0.1, 0.15) is 0 Å². The maximum absolute atomic E-state index is 2.90. The molecule has 0 saturated carbocycles. The summed E-state index contributed by atoms with van der Waals surface area (Å²) in [7, 11) is 5.80. The molecule has 6 heterocycles. The van der Waals surface area contributed by atoms with Gasteiger partial charge in [0, 0.05) is 25.9 Å². The summed E-state index contributed by atoms with van der Waals surface area (Å²) < 4.78 is 12.2. The molecule has 0 aliphatic rings. The van der Waals surface area contributed by atoms with Gasteiger partial charge < -0.3 is 0 Å². The van der Waals surface area contributed by atoms with Gasteiger partial charge in [-0.2, -0.15) is 0 Å². The van der Waals surface area contributed by atoms with Gasteiger partial charge in [-0.1, -0.05) is 0 Å². The molecule has 0 fully saturated rings. The third-order valence-corrected chi connectivity index (χ3v) is 16.6. The summed E-state index contributed by atoms with van der Waals surface area (Å²) >= 11 is 12.1. The van der Waals surface area contributed by atoms with Crippen LogP contribution in [0, 0.1) is 27.7 Å². The Kier molecular flexibility index (Phi) is 5.45. The second-order valence-electron chi connectivity index (χ2n) is 8.02. The van der Waals surface area contributed by atoms with Gasteiger partial charge in [-0.3, -0.25) is 0 Å². The van der Waals surface area contributed by atoms with E-state index in [2.05, 4.69) is 46.2 Å². The molecule has 6 rings (SSSR count). The Morgan fingerprint density at radius 3 is 1.03 bits per heavy atom. The molecule has 160 valence electrons. The first-order valence-corrected chi connectivity index (χ1v) is 16.7. The third kappa shape index (κ3) is 3.06. The highest BCUT2D eigenvalue weighted by molar-refractivity contribution is 7.40. The summed E-state index contributed by atoms with van der Waals surface area (Å²) in [6.45, 7) is 9.28. The van der Waals surface area contributed by atoms with E-state index in [0.717, 1.165) is 18.7 Å². The summed E-state index contributed by atoms with van der Waals surface area (Å²) in [6.07, 6.45) is 3.22. The normalized spacial score (nSPS) is 12.6. The molecule has 0 aliphatic carbocycles. The van der Waals surface area contributed by atoms with Crippen molar-refractivity contribution in [2.75, 3.05) is 0 Å². The first kappa shape index (κ1) is 21.6. The minimum absolute atomic E-state index is 1.07. The van der Waals surface area contributed by atoms with Gasteiger partial charge in [-0.05, 0) is 62.3 Å². The molecule has 0 aromatic carbocycles. The van der Waals surface area contributed by atoms with Crippen LogP contribution in [0.2, 0.25) is 0 Å². The number of fused-ring (bicyclic) bond motifs is 6. The van der Waals surface area contributed by atoms with Crippen LogP contribution in [0.5, 0.6) is 0 Å². The number of hydrogen-bond acceptors (Lipinski definition) is 6. The quantitative estimate of drug-likeness (QED) is 0.191. The Bertz CT molecular complexity index is 1510. The first-order valence-electron chi connectivity index (χ1n) is 10.2. The van der Waals surface area contributed by atoms with E-state index in [-0.39, 0.29) is 0 Å². The average Bonchev–Trinajstić information content (AvgIpc) is 3.55. The molecular weight excluding hydrogens is 531 g/mol. The molecule has 6 aromatic heterocycles. The van der Waals surface area contributed by atoms with Crippen LogP contribution < -0.4 is 0 Å². The summed E-state index contributed by atoms with van der Waals surface area (Å²) in [5.41, 5.74) is 6.02. The van der Waals surface area contributed by atoms with E-state index in [0.29, 0.717) is 0 Å². The molecule has 6 aromatic rings. The Balaban J connectivity index is 1.46. The maximum Gasteiger partial charge on any atom is 0.0635 e. The highest BCUT2D eigenvalue weighted by Gasteiger charge is 2.22. The molecular formula is C23H22P2S6. The zero-order valence-electron chi connectivity index (χ0n) is 17.7. The first-order chi connectivity index (χ1) is 14.9. The smallest absolute Gasteiger partial charge is 0.0635 e. The van der Waals surface area contributed by atoms with E-state index in [9.17, 15) is 0 Å². The van der Waals surface area contributed by atoms with Gasteiger partial charge in [0.2, 0.25) is 0 Å². The fourth-order valence-corrected chi connectivity index (χ4v) is 14.2. The third-order valence-electron chi connectivity index (χ3n) is 6.27. The van der Waals surface area contributed by atoms with Crippen molar-refractivity contribution in [3.8, 4) is 0 Å². The van der Waals surface area contributed by atoms with Crippen LogP contribution >= 0.6 is 86.5 Å². The van der Waals surface area contributed by atoms with E-state index in [1.165, 1.54) is 69.6 Å². The van der Waals surface area contributed by atoms with Crippen molar-refractivity contribution in [1.29, 1.82) is 0 Å². The molecule has 31 heavy (non-hydrogen) atoms. The average molecular weight is 553 g/mol. The molecule has 0 saturated heterocycles. The zero-order valence-corrected chi connectivity index (χ0v) is 24.9. The Hall–Kier alpha value is 0.1000. The van der Waals surface area contributed by atoms with E-state index in [1.54, 1.807) is 9.75 Å². The van der Waals surface area contributed by atoms with Crippen molar-refractivity contribution >= 4 is 124 Å². The topological polar surface area (TPSA) is 0 Å². The van der Waals surface area contributed by atoms with Gasteiger partial charge in [-0.15, -0.1) is 86.5 Å². The van der Waals surface area contributed by atoms with Crippen LogP contribution in [0.4, 0.5) is 0 Å². The van der Waals surface area contributed by atoms with Crippen molar-refractivity contribution in [3.05, 3.63) is 41.8 Å². The van der Waals surface area contributed by atoms with Crippen molar-refractivity contribution in [2.24, 2.45) is 0 Å². The Labute approximate surface area is 210 Å². The second-order valence-corrected chi connectivity index (χ2v) is 15.3. The van der Waals surface area contributed by atoms with Crippen LogP contribution in [-0.4, -0.2) is 0 Å². The van der Waals surface area contributed by atoms with Crippen molar-refractivity contribution in [1.82, 2.24) is 0 Å². The lowest BCUT2D eigenvalue weighted by Gasteiger charge is -2.00. The van der Waals surface area contributed by atoms with Gasteiger partial charge in [0.15, 0.2) is 0 Å². The predicted octanol–water partition coefficient (Wildman–Crippen LogP) is 10.2. The monoisotopic (exact) mass is 552 g/mol. The number of rotatable bonds is 4. The van der Waals surface area contributed by atoms with E-state index in [1.807, 2.05) is 68.0 Å². The lowest BCUT2D eigenvalue weighted by atomic mass is 10.1. The number of thiophene rings is 6. The van der Waals surface area contributed by atoms with Crippen LogP contribution in [0.3, 0.4) is 0 Å². The predicted molar refractivity (Wildman–Crippen MR) is 159 cm³/mol. The molecule has 8 heteroatoms. The lowest BCUT2D eigenvalue weighted by molar-refractivity contribution is 1.24. The highest BCUT2D eigenvalue weighted by Crippen LogP contribution is 2.51. The highest BCUT2D eigenvalue weighted by atomic mass is 32.1. The SMILES string of the molecule is Cc1c(CP)sc2c1sc1c(C)c(Cc3sc4c(sc5c(C)c(CP)sc54)c3C)sc12. The van der Waals surface area contributed by atoms with Crippen LogP contribution in [-0.2, 0) is 18.7 Å². The molecule has 0 N–H and O–H groups in total. The van der Waals surface area contributed by atoms with Crippen LogP contribution in [0.1, 0.15) is 41.8 Å². The fourth-order valence-electron chi connectivity index (χ4n) is 4.34. The van der Waals surface area contributed by atoms with Gasteiger partial charge in [-0.25, -0.2) is 0 Å². The summed E-state index contributed by atoms with van der Waals surface area (Å²) in [6, 6.07) is 0. The minimum Gasteiger partial charge on any atom is -0.137 e.